The van der Waals surface area contributed by atoms with Gasteiger partial charge in [-0.25, -0.2) is 5.01 Å². The molecule has 1 aliphatic rings. The van der Waals surface area contributed by atoms with Gasteiger partial charge in [0.25, 0.3) is 11.6 Å². The van der Waals surface area contributed by atoms with Gasteiger partial charge < -0.3 is 13.9 Å². The second-order valence-corrected chi connectivity index (χ2v) is 7.76. The van der Waals surface area contributed by atoms with Gasteiger partial charge in [0.2, 0.25) is 0 Å². The second kappa shape index (κ2) is 9.33. The van der Waals surface area contributed by atoms with Crippen LogP contribution in [0.5, 0.6) is 11.5 Å². The number of hydrazone groups is 1. The van der Waals surface area contributed by atoms with E-state index in [1.54, 1.807) is 31.2 Å². The summed E-state index contributed by atoms with van der Waals surface area (Å²) in [6.07, 6.45) is 0.964. The van der Waals surface area contributed by atoms with Crippen LogP contribution in [0, 0.1) is 10.1 Å². The molecule has 3 aromatic rings. The van der Waals surface area contributed by atoms with Crippen molar-refractivity contribution in [1.29, 1.82) is 0 Å². The maximum atomic E-state index is 13.4. The van der Waals surface area contributed by atoms with Crippen molar-refractivity contribution in [2.45, 2.75) is 25.5 Å². The number of hydrogen-bond donors (Lipinski definition) is 0. The Kier molecular flexibility index (Phi) is 6.32. The third-order valence-electron chi connectivity index (χ3n) is 5.19. The summed E-state index contributed by atoms with van der Waals surface area (Å²) in [4.78, 5) is 24.0. The predicted molar refractivity (Wildman–Crippen MR) is 121 cm³/mol. The fourth-order valence-corrected chi connectivity index (χ4v) is 3.66. The molecule has 2 aromatic carbocycles. The topological polar surface area (TPSA) is 107 Å². The first-order chi connectivity index (χ1) is 15.9. The zero-order valence-electron chi connectivity index (χ0n) is 17.8. The minimum atomic E-state index is -1.01. The van der Waals surface area contributed by atoms with Crippen LogP contribution in [0.1, 0.15) is 30.7 Å². The minimum Gasteiger partial charge on any atom is -0.493 e. The first-order valence-corrected chi connectivity index (χ1v) is 10.4. The maximum Gasteiger partial charge on any atom is 0.284 e. The molecule has 1 aliphatic heterocycles. The highest BCUT2D eigenvalue weighted by Gasteiger charge is 2.37. The van der Waals surface area contributed by atoms with Gasteiger partial charge in [-0.1, -0.05) is 23.7 Å². The van der Waals surface area contributed by atoms with Crippen LogP contribution in [-0.4, -0.2) is 34.8 Å². The molecular weight excluding hydrogens is 450 g/mol. The number of nitrogens with zero attached hydrogens (tertiary/aromatic N) is 3. The number of carbonyl (C=O) groups is 1. The molecule has 0 saturated carbocycles. The Morgan fingerprint density at radius 1 is 1.24 bits per heavy atom. The number of rotatable bonds is 7. The number of amides is 1. The van der Waals surface area contributed by atoms with Crippen LogP contribution in [0.4, 0.5) is 5.69 Å². The normalized spacial score (nSPS) is 16.3. The summed E-state index contributed by atoms with van der Waals surface area (Å²) in [5, 5.41) is 17.6. The highest BCUT2D eigenvalue weighted by molar-refractivity contribution is 6.30. The largest absolute Gasteiger partial charge is 0.493 e. The SMILES string of the molecule is COc1ccc([N+](=O)[O-])cc1OC(C)C(=O)N1N=C(c2ccc(Cl)cc2)CC1c1ccco1. The van der Waals surface area contributed by atoms with Gasteiger partial charge >= 0.3 is 0 Å². The molecule has 4 rings (SSSR count). The number of ether oxygens (including phenoxy) is 2. The van der Waals surface area contributed by atoms with Crippen LogP contribution in [-0.2, 0) is 4.79 Å². The molecule has 0 fully saturated rings. The molecule has 2 heterocycles. The number of carbonyl (C=O) groups excluding carboxylic acids is 1. The minimum absolute atomic E-state index is 0.0863. The number of furan rings is 1. The Morgan fingerprint density at radius 3 is 2.64 bits per heavy atom. The highest BCUT2D eigenvalue weighted by Crippen LogP contribution is 2.36. The van der Waals surface area contributed by atoms with Crippen molar-refractivity contribution in [2.75, 3.05) is 7.11 Å². The number of halogens is 1. The third-order valence-corrected chi connectivity index (χ3v) is 5.45. The monoisotopic (exact) mass is 469 g/mol. The zero-order chi connectivity index (χ0) is 23.5. The Bertz CT molecular complexity index is 1190. The fourth-order valence-electron chi connectivity index (χ4n) is 3.53. The van der Waals surface area contributed by atoms with E-state index in [1.807, 2.05) is 12.1 Å². The van der Waals surface area contributed by atoms with Crippen LogP contribution in [0.2, 0.25) is 5.02 Å². The van der Waals surface area contributed by atoms with Crippen LogP contribution >= 0.6 is 11.6 Å². The molecule has 1 amide bonds. The molecule has 2 unspecified atom stereocenters. The summed E-state index contributed by atoms with van der Waals surface area (Å²) < 4.78 is 16.6. The standard InChI is InChI=1S/C23H20ClN3O6/c1-14(33-22-12-17(27(29)30)9-10-21(22)31-2)23(28)26-19(20-4-3-11-32-20)13-18(25-26)15-5-7-16(24)8-6-15/h3-12,14,19H,13H2,1-2H3. The third kappa shape index (κ3) is 4.68. The molecular formula is C23H20ClN3O6. The molecule has 0 spiro atoms. The smallest absolute Gasteiger partial charge is 0.284 e. The van der Waals surface area contributed by atoms with Crippen molar-refractivity contribution in [1.82, 2.24) is 5.01 Å². The lowest BCUT2D eigenvalue weighted by Gasteiger charge is -2.24. The summed E-state index contributed by atoms with van der Waals surface area (Å²) in [5.41, 5.74) is 1.35. The van der Waals surface area contributed by atoms with Gasteiger partial charge in [0.15, 0.2) is 17.6 Å². The van der Waals surface area contributed by atoms with Crippen molar-refractivity contribution < 1.29 is 23.6 Å². The molecule has 9 nitrogen and oxygen atoms in total. The Balaban J connectivity index is 1.62. The average Bonchev–Trinajstić information content (AvgIpc) is 3.49. The molecule has 0 aliphatic carbocycles. The molecule has 0 bridgehead atoms. The zero-order valence-corrected chi connectivity index (χ0v) is 18.6. The summed E-state index contributed by atoms with van der Waals surface area (Å²) in [6, 6.07) is 14.2. The molecule has 0 N–H and O–H groups in total. The van der Waals surface area contributed by atoms with E-state index >= 15 is 0 Å². The van der Waals surface area contributed by atoms with E-state index in [9.17, 15) is 14.9 Å². The van der Waals surface area contributed by atoms with E-state index in [-0.39, 0.29) is 17.2 Å². The number of hydrogen-bond acceptors (Lipinski definition) is 7. The number of nitro groups is 1. The number of nitro benzene ring substituents is 1. The van der Waals surface area contributed by atoms with Gasteiger partial charge in [0, 0.05) is 17.5 Å². The second-order valence-electron chi connectivity index (χ2n) is 7.32. The van der Waals surface area contributed by atoms with Gasteiger partial charge in [0.1, 0.15) is 11.8 Å². The molecule has 1 aromatic heterocycles. The lowest BCUT2D eigenvalue weighted by molar-refractivity contribution is -0.385. The quantitative estimate of drug-likeness (QED) is 0.356. The maximum absolute atomic E-state index is 13.4. The number of benzene rings is 2. The molecule has 33 heavy (non-hydrogen) atoms. The van der Waals surface area contributed by atoms with Crippen molar-refractivity contribution >= 4 is 28.9 Å². The molecule has 10 heteroatoms. The van der Waals surface area contributed by atoms with Crippen molar-refractivity contribution in [2.24, 2.45) is 5.10 Å². The Morgan fingerprint density at radius 2 is 2.00 bits per heavy atom. The summed E-state index contributed by atoms with van der Waals surface area (Å²) >= 11 is 5.99. The van der Waals surface area contributed by atoms with E-state index < -0.39 is 23.0 Å². The van der Waals surface area contributed by atoms with Gasteiger partial charge in [-0.05, 0) is 42.8 Å². The average molecular weight is 470 g/mol. The Labute approximate surface area is 194 Å². The Hall–Kier alpha value is -3.85. The van der Waals surface area contributed by atoms with Gasteiger partial charge in [-0.15, -0.1) is 0 Å². The van der Waals surface area contributed by atoms with Crippen LogP contribution in [0.15, 0.2) is 70.4 Å². The van der Waals surface area contributed by atoms with Gasteiger partial charge in [0.05, 0.1) is 30.1 Å². The van der Waals surface area contributed by atoms with Gasteiger partial charge in [-0.2, -0.15) is 5.10 Å². The summed E-state index contributed by atoms with van der Waals surface area (Å²) in [6.45, 7) is 1.55. The first-order valence-electron chi connectivity index (χ1n) is 10.1. The lowest BCUT2D eigenvalue weighted by Crippen LogP contribution is -2.37. The molecule has 0 radical (unpaired) electrons. The summed E-state index contributed by atoms with van der Waals surface area (Å²) in [7, 11) is 1.41. The molecule has 2 atom stereocenters. The van der Waals surface area contributed by atoms with E-state index in [4.69, 9.17) is 25.5 Å². The highest BCUT2D eigenvalue weighted by atomic mass is 35.5. The van der Waals surface area contributed by atoms with E-state index in [1.165, 1.54) is 36.6 Å². The van der Waals surface area contributed by atoms with Crippen molar-refractivity contribution in [3.8, 4) is 11.5 Å². The van der Waals surface area contributed by atoms with Crippen LogP contribution in [0.3, 0.4) is 0 Å². The van der Waals surface area contributed by atoms with E-state index in [2.05, 4.69) is 5.10 Å². The fraction of sp³-hybridized carbons (Fsp3) is 0.217. The van der Waals surface area contributed by atoms with Gasteiger partial charge in [-0.3, -0.25) is 14.9 Å². The summed E-state index contributed by atoms with van der Waals surface area (Å²) in [5.74, 6) is 0.503. The molecule has 0 saturated heterocycles. The number of non-ortho nitro benzene ring substituents is 1. The van der Waals surface area contributed by atoms with Crippen molar-refractivity contribution in [3.63, 3.8) is 0 Å². The number of methoxy groups -OCH3 is 1. The lowest BCUT2D eigenvalue weighted by atomic mass is 10.0. The van der Waals surface area contributed by atoms with Crippen molar-refractivity contribution in [3.05, 3.63) is 87.3 Å². The van der Waals surface area contributed by atoms with E-state index in [0.29, 0.717) is 22.9 Å². The van der Waals surface area contributed by atoms with Crippen LogP contribution < -0.4 is 9.47 Å². The molecule has 170 valence electrons. The first kappa shape index (κ1) is 22.3. The predicted octanol–water partition coefficient (Wildman–Crippen LogP) is 5.00. The van der Waals surface area contributed by atoms with E-state index in [0.717, 1.165) is 5.56 Å². The van der Waals surface area contributed by atoms with Crippen LogP contribution in [0.25, 0.3) is 0 Å².